The van der Waals surface area contributed by atoms with Crippen LogP contribution in [0.4, 0.5) is 0 Å². The van der Waals surface area contributed by atoms with Crippen LogP contribution >= 0.6 is 0 Å². The van der Waals surface area contributed by atoms with Gasteiger partial charge in [0.15, 0.2) is 0 Å². The summed E-state index contributed by atoms with van der Waals surface area (Å²) in [7, 11) is 3.50. The summed E-state index contributed by atoms with van der Waals surface area (Å²) >= 11 is 0. The van der Waals surface area contributed by atoms with Crippen LogP contribution in [0.25, 0.3) is 5.32 Å². The first-order chi connectivity index (χ1) is 4.81. The van der Waals surface area contributed by atoms with Crippen molar-refractivity contribution >= 4 is 0 Å². The van der Waals surface area contributed by atoms with Gasteiger partial charge in [-0.05, 0) is 0 Å². The first-order valence-corrected chi connectivity index (χ1v) is 3.22. The largest absolute Gasteiger partial charge is 0.668 e. The minimum Gasteiger partial charge on any atom is -0.668 e. The van der Waals surface area contributed by atoms with Crippen molar-refractivity contribution in [2.24, 2.45) is 0 Å². The Balaban J connectivity index is 0. The predicted octanol–water partition coefficient (Wildman–Crippen LogP) is 2.41. The van der Waals surface area contributed by atoms with E-state index >= 15 is 0 Å². The minimum absolute atomic E-state index is 0. The van der Waals surface area contributed by atoms with Crippen LogP contribution in [0.3, 0.4) is 0 Å². The van der Waals surface area contributed by atoms with E-state index in [1.54, 1.807) is 14.1 Å². The van der Waals surface area contributed by atoms with Crippen LogP contribution in [-0.2, 0) is 32.7 Å². The Morgan fingerprint density at radius 3 is 1.73 bits per heavy atom. The Hall–Kier alpha value is 0.284. The molecule has 1 aromatic rings. The molecule has 0 aliphatic rings. The van der Waals surface area contributed by atoms with Crippen molar-refractivity contribution < 1.29 is 32.7 Å². The molecule has 0 aliphatic heterocycles. The van der Waals surface area contributed by atoms with Crippen LogP contribution in [0.2, 0.25) is 0 Å². The van der Waals surface area contributed by atoms with Gasteiger partial charge in [0, 0.05) is 32.7 Å². The smallest absolute Gasteiger partial charge is 0 e. The monoisotopic (exact) mass is 224 g/mol. The molecule has 1 rings (SSSR count). The van der Waals surface area contributed by atoms with E-state index in [-0.39, 0.29) is 32.7 Å². The minimum atomic E-state index is 0. The summed E-state index contributed by atoms with van der Waals surface area (Å²) in [4.78, 5) is 0. The van der Waals surface area contributed by atoms with Gasteiger partial charge < -0.3 is 5.32 Å². The normalized spacial score (nSPS) is 7.18. The van der Waals surface area contributed by atoms with Crippen molar-refractivity contribution in [3.05, 3.63) is 41.2 Å². The molecule has 0 saturated heterocycles. The van der Waals surface area contributed by atoms with E-state index in [2.05, 4.69) is 18.3 Å². The van der Waals surface area contributed by atoms with Gasteiger partial charge in [-0.25, -0.2) is 0 Å². The first kappa shape index (κ1) is 13.8. The number of nitrogens with zero attached hydrogens (tertiary/aromatic N) is 1. The molecule has 11 heavy (non-hydrogen) atoms. The molecule has 0 spiro atoms. The van der Waals surface area contributed by atoms with Crippen molar-refractivity contribution in [1.29, 1.82) is 0 Å². The Kier molecular flexibility index (Phi) is 12.9. The molecule has 0 N–H and O–H groups in total. The summed E-state index contributed by atoms with van der Waals surface area (Å²) in [5, 5.41) is 3.50. The zero-order valence-corrected chi connectivity index (χ0v) is 10.2. The third-order valence-corrected chi connectivity index (χ3v) is 0.885. The van der Waals surface area contributed by atoms with Gasteiger partial charge in [-0.15, -0.1) is 0 Å². The molecule has 0 atom stereocenters. The molecule has 2 heteroatoms. The number of hydrogen-bond donors (Lipinski definition) is 0. The fourth-order valence-electron chi connectivity index (χ4n) is 0.470. The van der Waals surface area contributed by atoms with Gasteiger partial charge in [0.05, 0.1) is 0 Å². The first-order valence-electron chi connectivity index (χ1n) is 3.22. The SMILES string of the molecule is C[N-]C.Cc1cc[c-]cc1.[Y]. The van der Waals surface area contributed by atoms with Gasteiger partial charge in [-0.1, -0.05) is 6.92 Å². The van der Waals surface area contributed by atoms with Crippen molar-refractivity contribution in [3.63, 3.8) is 0 Å². The molecule has 0 bridgehead atoms. The van der Waals surface area contributed by atoms with Gasteiger partial charge in [-0.3, -0.25) is 0 Å². The zero-order chi connectivity index (χ0) is 7.82. The second-order valence-corrected chi connectivity index (χ2v) is 2.02. The van der Waals surface area contributed by atoms with Crippen LogP contribution in [0.15, 0.2) is 24.3 Å². The number of rotatable bonds is 0. The van der Waals surface area contributed by atoms with Crippen molar-refractivity contribution in [1.82, 2.24) is 0 Å². The third-order valence-electron chi connectivity index (χ3n) is 0.885. The third kappa shape index (κ3) is 10.3. The van der Waals surface area contributed by atoms with Gasteiger partial charge in [0.25, 0.3) is 0 Å². The summed E-state index contributed by atoms with van der Waals surface area (Å²) in [6.45, 7) is 2.06. The molecule has 0 saturated carbocycles. The molecule has 59 valence electrons. The van der Waals surface area contributed by atoms with E-state index in [0.29, 0.717) is 0 Å². The van der Waals surface area contributed by atoms with Crippen molar-refractivity contribution in [3.8, 4) is 0 Å². The fourth-order valence-corrected chi connectivity index (χ4v) is 0.470. The molecule has 1 aromatic carbocycles. The topological polar surface area (TPSA) is 14.1 Å². The number of hydrogen-bond acceptors (Lipinski definition) is 0. The molecule has 0 amide bonds. The molecule has 0 unspecified atom stereocenters. The van der Waals surface area contributed by atoms with Crippen molar-refractivity contribution in [2.75, 3.05) is 14.1 Å². The Morgan fingerprint density at radius 1 is 1.18 bits per heavy atom. The van der Waals surface area contributed by atoms with E-state index in [1.165, 1.54) is 5.56 Å². The Morgan fingerprint density at radius 2 is 1.55 bits per heavy atom. The van der Waals surface area contributed by atoms with Gasteiger partial charge in [0.1, 0.15) is 0 Å². The Labute approximate surface area is 94.5 Å². The van der Waals surface area contributed by atoms with Crippen LogP contribution in [0.5, 0.6) is 0 Å². The summed E-state index contributed by atoms with van der Waals surface area (Å²) in [5.41, 5.74) is 1.29. The standard InChI is InChI=1S/C7H7.C2H6N.Y/c1-7-5-3-2-4-6-7;1-3-2;/h3-6H,1H3;1-2H3;/q2*-1;. The second kappa shape index (κ2) is 10.3. The van der Waals surface area contributed by atoms with E-state index in [9.17, 15) is 0 Å². The average molecular weight is 224 g/mol. The second-order valence-electron chi connectivity index (χ2n) is 2.02. The zero-order valence-electron chi connectivity index (χ0n) is 7.33. The summed E-state index contributed by atoms with van der Waals surface area (Å²) in [5.74, 6) is 0. The van der Waals surface area contributed by atoms with Gasteiger partial charge >= 0.3 is 0 Å². The average Bonchev–Trinajstić information content (AvgIpc) is 1.91. The molecular weight excluding hydrogens is 211 g/mol. The molecular formula is C9H13NY-2. The summed E-state index contributed by atoms with van der Waals surface area (Å²) in [6, 6.07) is 10.8. The molecule has 0 aliphatic carbocycles. The summed E-state index contributed by atoms with van der Waals surface area (Å²) < 4.78 is 0. The number of benzene rings is 1. The van der Waals surface area contributed by atoms with Gasteiger partial charge in [-0.2, -0.15) is 50.0 Å². The molecule has 0 heterocycles. The van der Waals surface area contributed by atoms with Crippen LogP contribution < -0.4 is 0 Å². The van der Waals surface area contributed by atoms with Gasteiger partial charge in [0.2, 0.25) is 0 Å². The maximum atomic E-state index is 3.50. The summed E-state index contributed by atoms with van der Waals surface area (Å²) in [6.07, 6.45) is 0. The van der Waals surface area contributed by atoms with E-state index in [4.69, 9.17) is 0 Å². The molecule has 1 radical (unpaired) electrons. The van der Waals surface area contributed by atoms with Crippen molar-refractivity contribution in [2.45, 2.75) is 6.92 Å². The van der Waals surface area contributed by atoms with E-state index in [0.717, 1.165) is 0 Å². The van der Waals surface area contributed by atoms with Crippen LogP contribution in [-0.4, -0.2) is 14.1 Å². The Bertz CT molecular complexity index is 151. The molecule has 0 fully saturated rings. The predicted molar refractivity (Wildman–Crippen MR) is 45.2 cm³/mol. The maximum absolute atomic E-state index is 3.50. The van der Waals surface area contributed by atoms with E-state index < -0.39 is 0 Å². The molecule has 1 nitrogen and oxygen atoms in total. The van der Waals surface area contributed by atoms with E-state index in [1.807, 2.05) is 24.3 Å². The van der Waals surface area contributed by atoms with Crippen LogP contribution in [0, 0.1) is 13.0 Å². The fraction of sp³-hybridized carbons (Fsp3) is 0.333. The quantitative estimate of drug-likeness (QED) is 0.601. The van der Waals surface area contributed by atoms with Crippen LogP contribution in [0.1, 0.15) is 5.56 Å². The molecule has 0 aromatic heterocycles. The number of aryl methyl sites for hydroxylation is 1. The maximum Gasteiger partial charge on any atom is 0 e.